The highest BCUT2D eigenvalue weighted by Crippen LogP contribution is 2.28. The lowest BCUT2D eigenvalue weighted by atomic mass is 10.1. The van der Waals surface area contributed by atoms with Crippen molar-refractivity contribution in [2.24, 2.45) is 5.10 Å². The van der Waals surface area contributed by atoms with Crippen molar-refractivity contribution in [1.29, 1.82) is 0 Å². The van der Waals surface area contributed by atoms with Crippen molar-refractivity contribution in [2.45, 2.75) is 6.18 Å². The fraction of sp³-hybridized carbons (Fsp3) is 0.143. The van der Waals surface area contributed by atoms with Gasteiger partial charge in [-0.2, -0.15) is 18.3 Å². The van der Waals surface area contributed by atoms with Crippen LogP contribution in [0.2, 0.25) is 5.02 Å². The molecule has 0 radical (unpaired) electrons. The molecule has 1 aromatic heterocycles. The number of aromatic nitrogens is 1. The Morgan fingerprint density at radius 1 is 1.32 bits per heavy atom. The molecule has 22 heavy (non-hydrogen) atoms. The van der Waals surface area contributed by atoms with Gasteiger partial charge in [0.25, 0.3) is 0 Å². The number of alkyl halides is 3. The highest BCUT2D eigenvalue weighted by atomic mass is 35.5. The summed E-state index contributed by atoms with van der Waals surface area (Å²) in [5.41, 5.74) is -0.201. The Bertz CT molecular complexity index is 706. The van der Waals surface area contributed by atoms with E-state index in [-0.39, 0.29) is 10.7 Å². The van der Waals surface area contributed by atoms with Crippen LogP contribution in [0.4, 0.5) is 13.2 Å². The molecule has 2 rings (SSSR count). The van der Waals surface area contributed by atoms with Crippen LogP contribution in [0, 0.1) is 0 Å². The van der Waals surface area contributed by atoms with E-state index in [2.05, 4.69) is 9.84 Å². The molecule has 1 heterocycles. The number of benzene rings is 1. The molecule has 1 aromatic carbocycles. The van der Waals surface area contributed by atoms with Gasteiger partial charge < -0.3 is 4.74 Å². The summed E-state index contributed by atoms with van der Waals surface area (Å²) >= 11 is 5.79. The van der Waals surface area contributed by atoms with Crippen LogP contribution in [0.25, 0.3) is 0 Å². The minimum Gasteiger partial charge on any atom is -0.464 e. The number of hydrogen-bond donors (Lipinski definition) is 0. The molecule has 0 N–H and O–H groups in total. The van der Waals surface area contributed by atoms with Gasteiger partial charge in [0.15, 0.2) is 5.69 Å². The predicted molar refractivity (Wildman–Crippen MR) is 75.2 cm³/mol. The van der Waals surface area contributed by atoms with Crippen molar-refractivity contribution in [3.63, 3.8) is 0 Å². The van der Waals surface area contributed by atoms with Crippen LogP contribution in [0.5, 0.6) is 0 Å². The Morgan fingerprint density at radius 3 is 2.50 bits per heavy atom. The minimum absolute atomic E-state index is 0.107. The van der Waals surface area contributed by atoms with E-state index in [0.29, 0.717) is 5.56 Å². The average Bonchev–Trinajstić information content (AvgIpc) is 2.85. The quantitative estimate of drug-likeness (QED) is 0.634. The molecule has 2 aromatic rings. The predicted octanol–water partition coefficient (Wildman–Crippen LogP) is 3.83. The van der Waals surface area contributed by atoms with Crippen LogP contribution >= 0.6 is 11.6 Å². The molecular formula is C14H10ClF3N2O2. The van der Waals surface area contributed by atoms with Gasteiger partial charge in [-0.15, -0.1) is 0 Å². The molecule has 0 saturated heterocycles. The Morgan fingerprint density at radius 2 is 1.95 bits per heavy atom. The molecule has 4 nitrogen and oxygen atoms in total. The molecule has 0 amide bonds. The van der Waals surface area contributed by atoms with Crippen LogP contribution < -0.4 is 0 Å². The first-order valence-corrected chi connectivity index (χ1v) is 6.37. The van der Waals surface area contributed by atoms with E-state index in [1.54, 1.807) is 0 Å². The summed E-state index contributed by atoms with van der Waals surface area (Å²) in [6, 6.07) is 5.82. The molecule has 0 atom stereocenters. The Labute approximate surface area is 128 Å². The number of hydrogen-bond acceptors (Lipinski definition) is 3. The first kappa shape index (κ1) is 16.1. The summed E-state index contributed by atoms with van der Waals surface area (Å²) in [7, 11) is 1.22. The lowest BCUT2D eigenvalue weighted by molar-refractivity contribution is -0.137. The summed E-state index contributed by atoms with van der Waals surface area (Å²) in [5.74, 6) is -0.628. The third-order valence-electron chi connectivity index (χ3n) is 2.73. The Kier molecular flexibility index (Phi) is 4.56. The summed E-state index contributed by atoms with van der Waals surface area (Å²) in [6.45, 7) is 0. The van der Waals surface area contributed by atoms with Crippen molar-refractivity contribution in [2.75, 3.05) is 7.11 Å². The van der Waals surface area contributed by atoms with E-state index in [1.807, 2.05) is 0 Å². The number of carbonyl (C=O) groups excluding carboxylic acids is 1. The second kappa shape index (κ2) is 6.23. The third-order valence-corrected chi connectivity index (χ3v) is 2.94. The largest absolute Gasteiger partial charge is 0.464 e. The minimum atomic E-state index is -4.39. The summed E-state index contributed by atoms with van der Waals surface area (Å²) < 4.78 is 43.1. The van der Waals surface area contributed by atoms with Crippen LogP contribution in [0.3, 0.4) is 0 Å². The van der Waals surface area contributed by atoms with E-state index >= 15 is 0 Å². The van der Waals surface area contributed by atoms with Gasteiger partial charge >= 0.3 is 12.1 Å². The van der Waals surface area contributed by atoms with Crippen molar-refractivity contribution in [3.05, 3.63) is 58.4 Å². The maximum absolute atomic E-state index is 12.5. The van der Waals surface area contributed by atoms with E-state index in [1.165, 1.54) is 42.4 Å². The first-order chi connectivity index (χ1) is 10.3. The topological polar surface area (TPSA) is 43.6 Å². The lowest BCUT2D eigenvalue weighted by Crippen LogP contribution is -2.07. The van der Waals surface area contributed by atoms with Crippen molar-refractivity contribution in [3.8, 4) is 0 Å². The van der Waals surface area contributed by atoms with Gasteiger partial charge in [-0.1, -0.05) is 23.7 Å². The fourth-order valence-corrected chi connectivity index (χ4v) is 1.86. The monoisotopic (exact) mass is 330 g/mol. The van der Waals surface area contributed by atoms with E-state index in [0.717, 1.165) is 12.1 Å². The Balaban J connectivity index is 2.24. The van der Waals surface area contributed by atoms with Crippen molar-refractivity contribution >= 4 is 23.8 Å². The smallest absolute Gasteiger partial charge is 0.416 e. The highest BCUT2D eigenvalue weighted by molar-refractivity contribution is 6.31. The Hall–Kier alpha value is -2.28. The molecule has 0 aliphatic carbocycles. The number of ether oxygens (including phenoxy) is 1. The van der Waals surface area contributed by atoms with Gasteiger partial charge in [0.2, 0.25) is 0 Å². The van der Waals surface area contributed by atoms with Gasteiger partial charge in [0.05, 0.1) is 23.9 Å². The normalized spacial score (nSPS) is 11.9. The maximum Gasteiger partial charge on any atom is 0.416 e. The number of nitrogens with zero attached hydrogens (tertiary/aromatic N) is 2. The number of carbonyl (C=O) groups is 1. The maximum atomic E-state index is 12.5. The SMILES string of the molecule is COC(=O)c1cc(Cl)cn1/N=C/c1ccc(C(F)(F)F)cc1. The van der Waals surface area contributed by atoms with Gasteiger partial charge in [-0.25, -0.2) is 9.47 Å². The van der Waals surface area contributed by atoms with Crippen LogP contribution in [-0.2, 0) is 10.9 Å². The molecule has 0 aliphatic rings. The van der Waals surface area contributed by atoms with E-state index in [9.17, 15) is 18.0 Å². The first-order valence-electron chi connectivity index (χ1n) is 5.99. The molecule has 0 saturated carbocycles. The van der Waals surface area contributed by atoms with Crippen LogP contribution in [-0.4, -0.2) is 24.0 Å². The van der Waals surface area contributed by atoms with E-state index in [4.69, 9.17) is 11.6 Å². The molecular weight excluding hydrogens is 321 g/mol. The average molecular weight is 331 g/mol. The molecule has 0 unspecified atom stereocenters. The molecule has 0 spiro atoms. The zero-order chi connectivity index (χ0) is 16.3. The van der Waals surface area contributed by atoms with Gasteiger partial charge in [0, 0.05) is 6.20 Å². The molecule has 0 bridgehead atoms. The van der Waals surface area contributed by atoms with Crippen molar-refractivity contribution < 1.29 is 22.7 Å². The fourth-order valence-electron chi connectivity index (χ4n) is 1.66. The number of halogens is 4. The molecule has 0 fully saturated rings. The lowest BCUT2D eigenvalue weighted by Gasteiger charge is -2.06. The number of esters is 1. The van der Waals surface area contributed by atoms with Crippen molar-refractivity contribution in [1.82, 2.24) is 4.68 Å². The molecule has 116 valence electrons. The summed E-state index contributed by atoms with van der Waals surface area (Å²) in [4.78, 5) is 11.5. The molecule has 0 aliphatic heterocycles. The molecule has 8 heteroatoms. The van der Waals surface area contributed by atoms with Crippen LogP contribution in [0.15, 0.2) is 41.6 Å². The number of methoxy groups -OCH3 is 1. The van der Waals surface area contributed by atoms with E-state index < -0.39 is 17.7 Å². The summed E-state index contributed by atoms with van der Waals surface area (Å²) in [6.07, 6.45) is -1.70. The zero-order valence-electron chi connectivity index (χ0n) is 11.3. The summed E-state index contributed by atoms with van der Waals surface area (Å²) in [5, 5.41) is 4.27. The van der Waals surface area contributed by atoms with Gasteiger partial charge in [0.1, 0.15) is 0 Å². The third kappa shape index (κ3) is 3.67. The highest BCUT2D eigenvalue weighted by Gasteiger charge is 2.29. The second-order valence-corrected chi connectivity index (χ2v) is 4.68. The standard InChI is InChI=1S/C14H10ClF3N2O2/c1-22-13(21)12-6-11(15)8-20(12)19-7-9-2-4-10(5-3-9)14(16,17)18/h2-8H,1H3/b19-7+. The van der Waals surface area contributed by atoms with Crippen LogP contribution in [0.1, 0.15) is 21.6 Å². The van der Waals surface area contributed by atoms with Gasteiger partial charge in [-0.3, -0.25) is 0 Å². The zero-order valence-corrected chi connectivity index (χ0v) is 12.0. The second-order valence-electron chi connectivity index (χ2n) is 4.24. The van der Waals surface area contributed by atoms with Gasteiger partial charge in [-0.05, 0) is 23.8 Å². The number of rotatable bonds is 3.